The third-order valence-corrected chi connectivity index (χ3v) is 3.66. The van der Waals surface area contributed by atoms with Gasteiger partial charge in [0.05, 0.1) is 12.8 Å². The van der Waals surface area contributed by atoms with Crippen LogP contribution in [0, 0.1) is 18.3 Å². The fourth-order valence-electron chi connectivity index (χ4n) is 2.46. The molecule has 22 heavy (non-hydrogen) atoms. The van der Waals surface area contributed by atoms with E-state index in [-0.39, 0.29) is 11.1 Å². The highest BCUT2D eigenvalue weighted by molar-refractivity contribution is 5.69. The van der Waals surface area contributed by atoms with Gasteiger partial charge in [-0.3, -0.25) is 4.79 Å². The summed E-state index contributed by atoms with van der Waals surface area (Å²) in [6, 6.07) is 11.3. The molecule has 0 aliphatic heterocycles. The number of nitriles is 1. The summed E-state index contributed by atoms with van der Waals surface area (Å²) >= 11 is 0. The average molecular weight is 296 g/mol. The maximum absolute atomic E-state index is 12.5. The van der Waals surface area contributed by atoms with Gasteiger partial charge in [0.15, 0.2) is 0 Å². The Hall–Kier alpha value is -2.54. The topological polar surface area (TPSA) is 55.0 Å². The first-order valence-corrected chi connectivity index (χ1v) is 7.41. The molecule has 0 saturated heterocycles. The first-order chi connectivity index (χ1) is 10.6. The van der Waals surface area contributed by atoms with Crippen molar-refractivity contribution in [2.45, 2.75) is 33.2 Å². The maximum atomic E-state index is 12.5. The van der Waals surface area contributed by atoms with Gasteiger partial charge in [-0.2, -0.15) is 5.26 Å². The molecule has 0 unspecified atom stereocenters. The van der Waals surface area contributed by atoms with Gasteiger partial charge in [-0.25, -0.2) is 0 Å². The second kappa shape index (κ2) is 6.95. The van der Waals surface area contributed by atoms with Crippen LogP contribution in [-0.2, 0) is 6.54 Å². The van der Waals surface area contributed by atoms with Crippen molar-refractivity contribution in [1.29, 1.82) is 5.26 Å². The molecular weight excluding hydrogens is 276 g/mol. The third-order valence-electron chi connectivity index (χ3n) is 3.66. The first-order valence-electron chi connectivity index (χ1n) is 7.41. The van der Waals surface area contributed by atoms with Gasteiger partial charge in [-0.15, -0.1) is 0 Å². The molecule has 0 N–H and O–H groups in total. The molecule has 2 rings (SSSR count). The number of unbranched alkanes of at least 4 members (excludes halogenated alkanes) is 1. The van der Waals surface area contributed by atoms with E-state index in [0.717, 1.165) is 35.4 Å². The molecule has 0 atom stereocenters. The van der Waals surface area contributed by atoms with Crippen LogP contribution in [0.4, 0.5) is 0 Å². The standard InChI is InChI=1S/C18H20N2O2/c1-4-5-10-20-16(8-7-14(12-19)18(20)21)15-11-13(2)6-9-17(15)22-3/h6-9,11H,4-5,10H2,1-3H3. The van der Waals surface area contributed by atoms with Crippen LogP contribution in [0.2, 0.25) is 0 Å². The molecule has 0 fully saturated rings. The molecule has 1 heterocycles. The number of hydrogen-bond acceptors (Lipinski definition) is 3. The first kappa shape index (κ1) is 15.8. The molecule has 1 aromatic heterocycles. The Bertz CT molecular complexity index is 770. The Morgan fingerprint density at radius 1 is 1.27 bits per heavy atom. The quantitative estimate of drug-likeness (QED) is 0.848. The Kier molecular flexibility index (Phi) is 5.00. The summed E-state index contributed by atoms with van der Waals surface area (Å²) in [5.74, 6) is 0.722. The molecular formula is C18H20N2O2. The Morgan fingerprint density at radius 3 is 2.68 bits per heavy atom. The molecule has 0 aliphatic rings. The van der Waals surface area contributed by atoms with Crippen LogP contribution < -0.4 is 10.3 Å². The van der Waals surface area contributed by atoms with Gasteiger partial charge in [0.1, 0.15) is 17.4 Å². The normalized spacial score (nSPS) is 10.3. The molecule has 0 bridgehead atoms. The molecule has 0 saturated carbocycles. The third kappa shape index (κ3) is 3.04. The molecule has 1 aromatic carbocycles. The van der Waals surface area contributed by atoms with E-state index in [0.29, 0.717) is 6.54 Å². The number of aromatic nitrogens is 1. The fourth-order valence-corrected chi connectivity index (χ4v) is 2.46. The highest BCUT2D eigenvalue weighted by Gasteiger charge is 2.14. The second-order valence-corrected chi connectivity index (χ2v) is 5.26. The molecule has 4 heteroatoms. The van der Waals surface area contributed by atoms with Crippen LogP contribution >= 0.6 is 0 Å². The van der Waals surface area contributed by atoms with Gasteiger partial charge in [-0.05, 0) is 37.6 Å². The van der Waals surface area contributed by atoms with Gasteiger partial charge in [0, 0.05) is 12.1 Å². The SMILES string of the molecule is CCCCn1c(-c2cc(C)ccc2OC)ccc(C#N)c1=O. The van der Waals surface area contributed by atoms with Crippen molar-refractivity contribution < 1.29 is 4.74 Å². The Morgan fingerprint density at radius 2 is 2.05 bits per heavy atom. The molecule has 0 spiro atoms. The van der Waals surface area contributed by atoms with Crippen LogP contribution in [0.25, 0.3) is 11.3 Å². The predicted octanol–water partition coefficient (Wildman–Crippen LogP) is 3.50. The largest absolute Gasteiger partial charge is 0.496 e. The Labute approximate surface area is 130 Å². The summed E-state index contributed by atoms with van der Waals surface area (Å²) in [5, 5.41) is 9.09. The summed E-state index contributed by atoms with van der Waals surface area (Å²) in [6.07, 6.45) is 1.86. The lowest BCUT2D eigenvalue weighted by molar-refractivity contribution is 0.415. The number of aryl methyl sites for hydroxylation is 1. The van der Waals surface area contributed by atoms with E-state index < -0.39 is 0 Å². The van der Waals surface area contributed by atoms with Crippen molar-refractivity contribution in [1.82, 2.24) is 4.57 Å². The lowest BCUT2D eigenvalue weighted by Crippen LogP contribution is -2.24. The predicted molar refractivity (Wildman–Crippen MR) is 87.1 cm³/mol. The van der Waals surface area contributed by atoms with Crippen molar-refractivity contribution in [3.63, 3.8) is 0 Å². The zero-order valence-electron chi connectivity index (χ0n) is 13.2. The number of methoxy groups -OCH3 is 1. The lowest BCUT2D eigenvalue weighted by atomic mass is 10.1. The molecule has 114 valence electrons. The highest BCUT2D eigenvalue weighted by atomic mass is 16.5. The van der Waals surface area contributed by atoms with E-state index in [1.165, 1.54) is 0 Å². The molecule has 0 radical (unpaired) electrons. The number of hydrogen-bond donors (Lipinski definition) is 0. The van der Waals surface area contributed by atoms with Gasteiger partial charge >= 0.3 is 0 Å². The molecule has 0 amide bonds. The maximum Gasteiger partial charge on any atom is 0.268 e. The number of nitrogens with zero attached hydrogens (tertiary/aromatic N) is 2. The second-order valence-electron chi connectivity index (χ2n) is 5.26. The van der Waals surface area contributed by atoms with Crippen LogP contribution in [0.1, 0.15) is 30.9 Å². The van der Waals surface area contributed by atoms with E-state index in [9.17, 15) is 4.79 Å². The minimum absolute atomic E-state index is 0.173. The van der Waals surface area contributed by atoms with Gasteiger partial charge < -0.3 is 9.30 Å². The Balaban J connectivity index is 2.70. The van der Waals surface area contributed by atoms with Crippen LogP contribution in [-0.4, -0.2) is 11.7 Å². The summed E-state index contributed by atoms with van der Waals surface area (Å²) in [6.45, 7) is 4.67. The van der Waals surface area contributed by atoms with Gasteiger partial charge in [0.25, 0.3) is 5.56 Å². The fraction of sp³-hybridized carbons (Fsp3) is 0.333. The molecule has 0 aliphatic carbocycles. The molecule has 2 aromatic rings. The number of ether oxygens (including phenoxy) is 1. The van der Waals surface area contributed by atoms with E-state index in [4.69, 9.17) is 10.00 Å². The van der Waals surface area contributed by atoms with Gasteiger partial charge in [-0.1, -0.05) is 25.0 Å². The minimum atomic E-state index is -0.239. The zero-order chi connectivity index (χ0) is 16.1. The van der Waals surface area contributed by atoms with Crippen LogP contribution in [0.3, 0.4) is 0 Å². The highest BCUT2D eigenvalue weighted by Crippen LogP contribution is 2.30. The average Bonchev–Trinajstić information content (AvgIpc) is 2.53. The monoisotopic (exact) mass is 296 g/mol. The summed E-state index contributed by atoms with van der Waals surface area (Å²) in [4.78, 5) is 12.5. The van der Waals surface area contributed by atoms with Crippen molar-refractivity contribution in [2.75, 3.05) is 7.11 Å². The number of benzene rings is 1. The number of pyridine rings is 1. The van der Waals surface area contributed by atoms with E-state index in [2.05, 4.69) is 6.92 Å². The van der Waals surface area contributed by atoms with E-state index in [1.807, 2.05) is 37.3 Å². The molecule has 4 nitrogen and oxygen atoms in total. The van der Waals surface area contributed by atoms with E-state index >= 15 is 0 Å². The van der Waals surface area contributed by atoms with Crippen molar-refractivity contribution in [3.05, 3.63) is 51.8 Å². The van der Waals surface area contributed by atoms with E-state index in [1.54, 1.807) is 17.7 Å². The zero-order valence-corrected chi connectivity index (χ0v) is 13.2. The van der Waals surface area contributed by atoms with Crippen molar-refractivity contribution in [2.24, 2.45) is 0 Å². The lowest BCUT2D eigenvalue weighted by Gasteiger charge is -2.16. The van der Waals surface area contributed by atoms with Crippen molar-refractivity contribution in [3.8, 4) is 23.1 Å². The minimum Gasteiger partial charge on any atom is -0.496 e. The van der Waals surface area contributed by atoms with Crippen LogP contribution in [0.5, 0.6) is 5.75 Å². The smallest absolute Gasteiger partial charge is 0.268 e. The van der Waals surface area contributed by atoms with Crippen molar-refractivity contribution >= 4 is 0 Å². The number of rotatable bonds is 5. The van der Waals surface area contributed by atoms with Gasteiger partial charge in [0.2, 0.25) is 0 Å². The van der Waals surface area contributed by atoms with Crippen LogP contribution in [0.15, 0.2) is 35.1 Å². The summed E-state index contributed by atoms with van der Waals surface area (Å²) < 4.78 is 7.11. The summed E-state index contributed by atoms with van der Waals surface area (Å²) in [7, 11) is 1.62. The summed E-state index contributed by atoms with van der Waals surface area (Å²) in [5.41, 5.74) is 2.69.